The van der Waals surface area contributed by atoms with Crippen LogP contribution in [-0.4, -0.2) is 34.9 Å². The van der Waals surface area contributed by atoms with Crippen molar-refractivity contribution in [1.29, 1.82) is 0 Å². The summed E-state index contributed by atoms with van der Waals surface area (Å²) in [4.78, 5) is 27.1. The van der Waals surface area contributed by atoms with E-state index in [-0.39, 0.29) is 25.0 Å². The smallest absolute Gasteiger partial charge is 0.261 e. The number of para-hydroxylation sites is 1. The molecule has 0 aliphatic carbocycles. The van der Waals surface area contributed by atoms with Crippen molar-refractivity contribution in [3.05, 3.63) is 64.1 Å². The first-order valence-electron chi connectivity index (χ1n) is 9.30. The lowest BCUT2D eigenvalue weighted by molar-refractivity contribution is -0.142. The highest BCUT2D eigenvalue weighted by molar-refractivity contribution is 6.35. The molecule has 0 aliphatic rings. The fourth-order valence-electron chi connectivity index (χ4n) is 2.63. The van der Waals surface area contributed by atoms with Gasteiger partial charge in [-0.2, -0.15) is 0 Å². The van der Waals surface area contributed by atoms with Gasteiger partial charge in [0.05, 0.1) is 0 Å². The highest BCUT2D eigenvalue weighted by Gasteiger charge is 2.29. The Morgan fingerprint density at radius 2 is 1.76 bits per heavy atom. The van der Waals surface area contributed by atoms with E-state index in [9.17, 15) is 9.59 Å². The summed E-state index contributed by atoms with van der Waals surface area (Å²) in [6.07, 6.45) is 0. The predicted molar refractivity (Wildman–Crippen MR) is 116 cm³/mol. The Labute approximate surface area is 181 Å². The predicted octanol–water partition coefficient (Wildman–Crippen LogP) is 4.70. The maximum absolute atomic E-state index is 13.0. The van der Waals surface area contributed by atoms with Gasteiger partial charge in [0.25, 0.3) is 5.91 Å². The molecule has 0 unspecified atom stereocenters. The molecule has 0 aromatic heterocycles. The Hall–Kier alpha value is -2.24. The number of amides is 2. The molecular formula is C22H26Cl2N2O3. The molecule has 156 valence electrons. The molecule has 1 atom stereocenters. The highest BCUT2D eigenvalue weighted by atomic mass is 35.5. The fraction of sp³-hybridized carbons (Fsp3) is 0.364. The molecule has 2 rings (SSSR count). The summed E-state index contributed by atoms with van der Waals surface area (Å²) in [7, 11) is 0. The summed E-state index contributed by atoms with van der Waals surface area (Å²) < 4.78 is 5.59. The van der Waals surface area contributed by atoms with Crippen LogP contribution in [0, 0.1) is 0 Å². The van der Waals surface area contributed by atoms with E-state index >= 15 is 0 Å². The molecule has 0 heterocycles. The maximum Gasteiger partial charge on any atom is 0.261 e. The summed E-state index contributed by atoms with van der Waals surface area (Å²) in [5.74, 6) is 0.00389. The first kappa shape index (κ1) is 23.0. The van der Waals surface area contributed by atoms with Crippen molar-refractivity contribution in [1.82, 2.24) is 10.2 Å². The van der Waals surface area contributed by atoms with E-state index in [0.717, 1.165) is 0 Å². The van der Waals surface area contributed by atoms with Crippen molar-refractivity contribution in [2.45, 2.75) is 45.8 Å². The molecule has 0 aliphatic heterocycles. The summed E-state index contributed by atoms with van der Waals surface area (Å²) in [6, 6.07) is 13.4. The average Bonchev–Trinajstić information content (AvgIpc) is 2.64. The van der Waals surface area contributed by atoms with Gasteiger partial charge in [0.15, 0.2) is 6.61 Å². The van der Waals surface area contributed by atoms with Crippen molar-refractivity contribution in [2.75, 3.05) is 6.61 Å². The summed E-state index contributed by atoms with van der Waals surface area (Å²) in [5.41, 5.74) is 0.276. The number of nitrogens with one attached hydrogen (secondary N) is 1. The van der Waals surface area contributed by atoms with Crippen LogP contribution in [0.1, 0.15) is 33.3 Å². The van der Waals surface area contributed by atoms with Crippen LogP contribution in [0.4, 0.5) is 0 Å². The van der Waals surface area contributed by atoms with Crippen LogP contribution in [-0.2, 0) is 16.1 Å². The molecule has 2 amide bonds. The zero-order valence-corrected chi connectivity index (χ0v) is 18.6. The Kier molecular flexibility index (Phi) is 7.94. The number of halogens is 2. The molecule has 29 heavy (non-hydrogen) atoms. The minimum absolute atomic E-state index is 0.158. The van der Waals surface area contributed by atoms with Gasteiger partial charge in [-0.25, -0.2) is 0 Å². The third-order valence-corrected chi connectivity index (χ3v) is 4.71. The minimum Gasteiger partial charge on any atom is -0.484 e. The number of hydrogen-bond donors (Lipinski definition) is 1. The number of benzene rings is 2. The Morgan fingerprint density at radius 3 is 2.34 bits per heavy atom. The monoisotopic (exact) mass is 436 g/mol. The first-order chi connectivity index (χ1) is 13.6. The van der Waals surface area contributed by atoms with Crippen LogP contribution in [0.5, 0.6) is 5.75 Å². The molecule has 5 nitrogen and oxygen atoms in total. The standard InChI is InChI=1S/C22H26Cl2N2O3/c1-15(21(28)25-22(2,3)4)26(13-16-10-11-17(23)12-19(16)24)20(27)14-29-18-8-6-5-7-9-18/h5-12,15H,13-14H2,1-4H3,(H,25,28)/t15-/m1/s1. The van der Waals surface area contributed by atoms with Gasteiger partial charge >= 0.3 is 0 Å². The Morgan fingerprint density at radius 1 is 1.10 bits per heavy atom. The number of hydrogen-bond acceptors (Lipinski definition) is 3. The quantitative estimate of drug-likeness (QED) is 0.683. The van der Waals surface area contributed by atoms with Gasteiger partial charge in [0.2, 0.25) is 5.91 Å². The Balaban J connectivity index is 2.21. The highest BCUT2D eigenvalue weighted by Crippen LogP contribution is 2.23. The molecule has 2 aromatic rings. The molecule has 0 saturated carbocycles. The molecule has 7 heteroatoms. The maximum atomic E-state index is 13.0. The second-order valence-electron chi connectivity index (χ2n) is 7.77. The molecule has 0 fully saturated rings. The van der Waals surface area contributed by atoms with Gasteiger partial charge in [-0.1, -0.05) is 47.5 Å². The molecular weight excluding hydrogens is 411 g/mol. The third kappa shape index (κ3) is 7.26. The van der Waals surface area contributed by atoms with Crippen molar-refractivity contribution in [3.63, 3.8) is 0 Å². The number of rotatable bonds is 7. The van der Waals surface area contributed by atoms with E-state index in [0.29, 0.717) is 21.4 Å². The SMILES string of the molecule is C[C@H](C(=O)NC(C)(C)C)N(Cc1ccc(Cl)cc1Cl)C(=O)COc1ccccc1. The van der Waals surface area contributed by atoms with Crippen LogP contribution < -0.4 is 10.1 Å². The van der Waals surface area contributed by atoms with Crippen molar-refractivity contribution in [2.24, 2.45) is 0 Å². The number of nitrogens with zero attached hydrogens (tertiary/aromatic N) is 1. The first-order valence-corrected chi connectivity index (χ1v) is 10.1. The van der Waals surface area contributed by atoms with Gasteiger partial charge in [0.1, 0.15) is 11.8 Å². The van der Waals surface area contributed by atoms with Crippen LogP contribution >= 0.6 is 23.2 Å². The minimum atomic E-state index is -0.715. The van der Waals surface area contributed by atoms with Crippen LogP contribution in [0.25, 0.3) is 0 Å². The van der Waals surface area contributed by atoms with Crippen LogP contribution in [0.3, 0.4) is 0 Å². The zero-order valence-electron chi connectivity index (χ0n) is 17.0. The molecule has 0 saturated heterocycles. The van der Waals surface area contributed by atoms with Gasteiger partial charge in [-0.3, -0.25) is 9.59 Å². The topological polar surface area (TPSA) is 58.6 Å². The average molecular weight is 437 g/mol. The molecule has 0 radical (unpaired) electrons. The van der Waals surface area contributed by atoms with E-state index in [2.05, 4.69) is 5.32 Å². The Bertz CT molecular complexity index is 851. The number of ether oxygens (including phenoxy) is 1. The second kappa shape index (κ2) is 9.99. The van der Waals surface area contributed by atoms with Gasteiger partial charge in [0, 0.05) is 22.1 Å². The van der Waals surface area contributed by atoms with E-state index in [1.165, 1.54) is 4.90 Å². The van der Waals surface area contributed by atoms with Gasteiger partial charge in [-0.15, -0.1) is 0 Å². The summed E-state index contributed by atoms with van der Waals surface area (Å²) >= 11 is 12.3. The lowest BCUT2D eigenvalue weighted by Crippen LogP contribution is -2.53. The molecule has 2 aromatic carbocycles. The lowest BCUT2D eigenvalue weighted by Gasteiger charge is -2.31. The van der Waals surface area contributed by atoms with E-state index in [1.54, 1.807) is 37.3 Å². The summed E-state index contributed by atoms with van der Waals surface area (Å²) in [6.45, 7) is 7.31. The van der Waals surface area contributed by atoms with Gasteiger partial charge in [-0.05, 0) is 57.5 Å². The molecule has 0 bridgehead atoms. The van der Waals surface area contributed by atoms with E-state index in [1.807, 2.05) is 39.0 Å². The van der Waals surface area contributed by atoms with E-state index < -0.39 is 11.6 Å². The molecule has 1 N–H and O–H groups in total. The van der Waals surface area contributed by atoms with Crippen molar-refractivity contribution in [3.8, 4) is 5.75 Å². The zero-order chi connectivity index (χ0) is 21.6. The summed E-state index contributed by atoms with van der Waals surface area (Å²) in [5, 5.41) is 3.85. The fourth-order valence-corrected chi connectivity index (χ4v) is 3.10. The van der Waals surface area contributed by atoms with Crippen molar-refractivity contribution < 1.29 is 14.3 Å². The second-order valence-corrected chi connectivity index (χ2v) is 8.62. The van der Waals surface area contributed by atoms with Crippen LogP contribution in [0.2, 0.25) is 10.0 Å². The van der Waals surface area contributed by atoms with E-state index in [4.69, 9.17) is 27.9 Å². The normalized spacial score (nSPS) is 12.2. The number of carbonyl (C=O) groups is 2. The number of carbonyl (C=O) groups excluding carboxylic acids is 2. The molecule has 0 spiro atoms. The largest absolute Gasteiger partial charge is 0.484 e. The lowest BCUT2D eigenvalue weighted by atomic mass is 10.1. The van der Waals surface area contributed by atoms with Crippen LogP contribution in [0.15, 0.2) is 48.5 Å². The van der Waals surface area contributed by atoms with Gasteiger partial charge < -0.3 is 15.0 Å². The van der Waals surface area contributed by atoms with Crippen molar-refractivity contribution >= 4 is 35.0 Å². The third-order valence-electron chi connectivity index (χ3n) is 4.13.